The van der Waals surface area contributed by atoms with Crippen LogP contribution in [0.25, 0.3) is 0 Å². The maximum atomic E-state index is 12.2. The average molecular weight is 396 g/mol. The molecule has 29 heavy (non-hydrogen) atoms. The summed E-state index contributed by atoms with van der Waals surface area (Å²) in [6.07, 6.45) is 3.48. The van der Waals surface area contributed by atoms with Crippen molar-refractivity contribution in [2.75, 3.05) is 23.3 Å². The summed E-state index contributed by atoms with van der Waals surface area (Å²) in [5.74, 6) is -1.43. The van der Waals surface area contributed by atoms with E-state index in [4.69, 9.17) is 0 Å². The fraction of sp³-hybridized carbons (Fsp3) is 0.381. The minimum Gasteiger partial charge on any atom is -0.387 e. The summed E-state index contributed by atoms with van der Waals surface area (Å²) in [4.78, 5) is 38.3. The molecule has 3 N–H and O–H groups in total. The van der Waals surface area contributed by atoms with Crippen molar-refractivity contribution < 1.29 is 19.5 Å². The Bertz CT molecular complexity index is 981. The number of aromatic nitrogens is 1. The van der Waals surface area contributed by atoms with Gasteiger partial charge in [0.05, 0.1) is 18.2 Å². The highest BCUT2D eigenvalue weighted by Gasteiger charge is 2.32. The molecule has 2 aliphatic rings. The Morgan fingerprint density at radius 1 is 1.24 bits per heavy atom. The molecule has 0 radical (unpaired) electrons. The molecule has 0 bridgehead atoms. The van der Waals surface area contributed by atoms with Gasteiger partial charge in [0.2, 0.25) is 5.91 Å². The van der Waals surface area contributed by atoms with Crippen LogP contribution < -0.4 is 15.5 Å². The van der Waals surface area contributed by atoms with Crippen molar-refractivity contribution in [1.82, 2.24) is 9.88 Å². The number of aliphatic hydroxyl groups is 1. The third-order valence-corrected chi connectivity index (χ3v) is 5.50. The lowest BCUT2D eigenvalue weighted by Crippen LogP contribution is -2.36. The summed E-state index contributed by atoms with van der Waals surface area (Å²) in [5, 5.41) is 15.3. The topological polar surface area (TPSA) is 104 Å². The van der Waals surface area contributed by atoms with Gasteiger partial charge in [-0.2, -0.15) is 0 Å². The van der Waals surface area contributed by atoms with E-state index in [9.17, 15) is 19.5 Å². The van der Waals surface area contributed by atoms with Crippen LogP contribution in [0, 0.1) is 0 Å². The molecule has 1 unspecified atom stereocenters. The number of anilines is 2. The zero-order valence-electron chi connectivity index (χ0n) is 16.3. The van der Waals surface area contributed by atoms with Gasteiger partial charge in [-0.05, 0) is 54.7 Å². The van der Waals surface area contributed by atoms with Crippen molar-refractivity contribution in [3.8, 4) is 0 Å². The molecule has 8 heteroatoms. The van der Waals surface area contributed by atoms with Crippen LogP contribution in [0.1, 0.15) is 35.8 Å². The first-order chi connectivity index (χ1) is 13.9. The number of hydrogen-bond acceptors (Lipinski definition) is 4. The van der Waals surface area contributed by atoms with Crippen molar-refractivity contribution >= 4 is 29.1 Å². The minimum atomic E-state index is -0.762. The van der Waals surface area contributed by atoms with Crippen molar-refractivity contribution in [3.63, 3.8) is 0 Å². The van der Waals surface area contributed by atoms with Crippen LogP contribution in [-0.4, -0.2) is 40.5 Å². The van der Waals surface area contributed by atoms with Crippen LogP contribution in [0.5, 0.6) is 0 Å². The number of amides is 3. The van der Waals surface area contributed by atoms with E-state index >= 15 is 0 Å². The molecule has 3 amide bonds. The number of nitrogens with zero attached hydrogens (tertiary/aromatic N) is 2. The van der Waals surface area contributed by atoms with E-state index in [1.807, 2.05) is 40.9 Å². The molecule has 8 nitrogen and oxygen atoms in total. The number of hydrogen-bond donors (Lipinski definition) is 3. The van der Waals surface area contributed by atoms with E-state index in [1.165, 1.54) is 0 Å². The largest absolute Gasteiger partial charge is 0.387 e. The lowest BCUT2D eigenvalue weighted by Gasteiger charge is -2.26. The summed E-state index contributed by atoms with van der Waals surface area (Å²) in [5.41, 5.74) is 4.17. The van der Waals surface area contributed by atoms with Gasteiger partial charge in [-0.3, -0.25) is 14.4 Å². The van der Waals surface area contributed by atoms with E-state index < -0.39 is 17.9 Å². The summed E-state index contributed by atoms with van der Waals surface area (Å²) in [6.45, 7) is 0.916. The van der Waals surface area contributed by atoms with Gasteiger partial charge in [-0.25, -0.2) is 0 Å². The molecule has 1 aromatic carbocycles. The first kappa shape index (κ1) is 19.2. The van der Waals surface area contributed by atoms with E-state index in [0.717, 1.165) is 41.9 Å². The molecule has 0 fully saturated rings. The number of rotatable bonds is 5. The number of carbonyl (C=O) groups is 3. The molecule has 4 rings (SSSR count). The van der Waals surface area contributed by atoms with Gasteiger partial charge in [-0.1, -0.05) is 0 Å². The first-order valence-electron chi connectivity index (χ1n) is 9.78. The van der Waals surface area contributed by atoms with Crippen LogP contribution in [0.3, 0.4) is 0 Å². The number of carbonyl (C=O) groups excluding carboxylic acids is 3. The maximum Gasteiger partial charge on any atom is 0.313 e. The molecule has 2 aromatic rings. The second kappa shape index (κ2) is 7.71. The van der Waals surface area contributed by atoms with Gasteiger partial charge in [0.15, 0.2) is 0 Å². The predicted octanol–water partition coefficient (Wildman–Crippen LogP) is 1.04. The fourth-order valence-corrected chi connectivity index (χ4v) is 4.11. The number of benzene rings is 1. The molecule has 0 spiro atoms. The molecule has 0 saturated carbocycles. The quantitative estimate of drug-likeness (QED) is 0.657. The Hall–Kier alpha value is -3.13. The summed E-state index contributed by atoms with van der Waals surface area (Å²) in [7, 11) is 1.83. The fourth-order valence-electron chi connectivity index (χ4n) is 4.11. The summed E-state index contributed by atoms with van der Waals surface area (Å²) < 4.78 is 1.81. The van der Waals surface area contributed by atoms with E-state index in [0.29, 0.717) is 18.5 Å². The maximum absolute atomic E-state index is 12.2. The third-order valence-electron chi connectivity index (χ3n) is 5.50. The van der Waals surface area contributed by atoms with Crippen LogP contribution in [0.2, 0.25) is 0 Å². The van der Waals surface area contributed by atoms with Crippen LogP contribution in [0.15, 0.2) is 30.5 Å². The van der Waals surface area contributed by atoms with E-state index in [-0.39, 0.29) is 12.5 Å². The average Bonchev–Trinajstić information content (AvgIpc) is 3.26. The third kappa shape index (κ3) is 3.75. The second-order valence-corrected chi connectivity index (χ2v) is 7.53. The predicted molar refractivity (Wildman–Crippen MR) is 107 cm³/mol. The molecule has 152 valence electrons. The molecule has 3 heterocycles. The Labute approximate surface area is 168 Å². The molecular formula is C21H24N4O4. The lowest BCUT2D eigenvalue weighted by molar-refractivity contribution is -0.136. The normalized spacial score (nSPS) is 15.8. The number of aliphatic hydroxyl groups excluding tert-OH is 1. The highest BCUT2D eigenvalue weighted by atomic mass is 16.3. The number of nitrogens with one attached hydrogen (secondary N) is 2. The molecule has 0 saturated heterocycles. The lowest BCUT2D eigenvalue weighted by atomic mass is 9.99. The smallest absolute Gasteiger partial charge is 0.313 e. The Balaban J connectivity index is 1.34. The molecule has 1 aromatic heterocycles. The van der Waals surface area contributed by atoms with Gasteiger partial charge in [0.25, 0.3) is 0 Å². The zero-order chi connectivity index (χ0) is 20.5. The Morgan fingerprint density at radius 2 is 2.03 bits per heavy atom. The van der Waals surface area contributed by atoms with Crippen LogP contribution in [-0.2, 0) is 34.3 Å². The van der Waals surface area contributed by atoms with E-state index in [2.05, 4.69) is 10.6 Å². The van der Waals surface area contributed by atoms with Crippen molar-refractivity contribution in [2.45, 2.75) is 31.8 Å². The van der Waals surface area contributed by atoms with Gasteiger partial charge >= 0.3 is 11.8 Å². The van der Waals surface area contributed by atoms with Crippen molar-refractivity contribution in [1.29, 1.82) is 0 Å². The molecular weight excluding hydrogens is 372 g/mol. The zero-order valence-corrected chi connectivity index (χ0v) is 16.3. The SMILES string of the molecule is Cn1cccc1C(O)CCNC(=O)C(=O)Nc1cc2c3c(c1)CC(=O)N3CCC2. The molecule has 2 aliphatic heterocycles. The van der Waals surface area contributed by atoms with Crippen LogP contribution in [0.4, 0.5) is 11.4 Å². The Morgan fingerprint density at radius 3 is 2.79 bits per heavy atom. The van der Waals surface area contributed by atoms with Gasteiger partial charge in [0.1, 0.15) is 0 Å². The first-order valence-corrected chi connectivity index (χ1v) is 9.78. The van der Waals surface area contributed by atoms with Crippen LogP contribution >= 0.6 is 0 Å². The number of aryl methyl sites for hydroxylation is 2. The highest BCUT2D eigenvalue weighted by Crippen LogP contribution is 2.38. The van der Waals surface area contributed by atoms with Gasteiger partial charge < -0.3 is 25.2 Å². The monoisotopic (exact) mass is 396 g/mol. The molecule has 1 atom stereocenters. The summed E-state index contributed by atoms with van der Waals surface area (Å²) >= 11 is 0. The Kier molecular flexibility index (Phi) is 5.10. The second-order valence-electron chi connectivity index (χ2n) is 7.53. The highest BCUT2D eigenvalue weighted by molar-refractivity contribution is 6.39. The summed E-state index contributed by atoms with van der Waals surface area (Å²) in [6, 6.07) is 7.26. The van der Waals surface area contributed by atoms with Crippen molar-refractivity contribution in [3.05, 3.63) is 47.3 Å². The van der Waals surface area contributed by atoms with Gasteiger partial charge in [-0.15, -0.1) is 0 Å². The van der Waals surface area contributed by atoms with Gasteiger partial charge in [0, 0.05) is 37.7 Å². The standard InChI is InChI=1S/C21H24N4O4/c1-24-8-3-5-16(24)17(26)6-7-22-20(28)21(29)23-15-10-13-4-2-9-25-18(27)12-14(11-15)19(13)25/h3,5,8,10-11,17,26H,2,4,6-7,9,12H2,1H3,(H,22,28)(H,23,29). The van der Waals surface area contributed by atoms with Crippen molar-refractivity contribution in [2.24, 2.45) is 7.05 Å². The van der Waals surface area contributed by atoms with E-state index in [1.54, 1.807) is 6.07 Å². The molecule has 0 aliphatic carbocycles. The minimum absolute atomic E-state index is 0.0824.